The van der Waals surface area contributed by atoms with Crippen molar-refractivity contribution in [3.63, 3.8) is 0 Å². The molecular weight excluding hydrogens is 260 g/mol. The van der Waals surface area contributed by atoms with E-state index in [0.717, 1.165) is 17.7 Å². The minimum Gasteiger partial charge on any atom is -0.351 e. The number of carbonyl (C=O) groups is 1. The number of fused-ring (bicyclic) bond motifs is 1. The van der Waals surface area contributed by atoms with E-state index in [1.54, 1.807) is 0 Å². The molecule has 2 N–H and O–H groups in total. The van der Waals surface area contributed by atoms with Gasteiger partial charge in [0.2, 0.25) is 5.91 Å². The third kappa shape index (κ3) is 3.14. The van der Waals surface area contributed by atoms with Crippen molar-refractivity contribution in [3.8, 4) is 0 Å². The van der Waals surface area contributed by atoms with Crippen molar-refractivity contribution in [2.24, 2.45) is 0 Å². The van der Waals surface area contributed by atoms with Gasteiger partial charge in [-0.05, 0) is 23.6 Å². The smallest absolute Gasteiger partial charge is 0.229 e. The Morgan fingerprint density at radius 1 is 1.24 bits per heavy atom. The van der Waals surface area contributed by atoms with Gasteiger partial charge in [-0.3, -0.25) is 4.79 Å². The normalized spacial score (nSPS) is 17.1. The molecule has 1 heterocycles. The van der Waals surface area contributed by atoms with Crippen molar-refractivity contribution in [1.82, 2.24) is 10.6 Å². The predicted octanol–water partition coefficient (Wildman–Crippen LogP) is 2.50. The molecule has 2 aromatic carbocycles. The number of hydrogen-bond acceptors (Lipinski definition) is 2. The number of rotatable bonds is 3. The van der Waals surface area contributed by atoms with Crippen LogP contribution in [0.4, 0.5) is 0 Å². The molecule has 1 atom stereocenters. The van der Waals surface area contributed by atoms with Crippen LogP contribution in [0, 0.1) is 6.92 Å². The molecular formula is C18H20N2O. The number of benzene rings is 2. The molecule has 0 aliphatic carbocycles. The Labute approximate surface area is 125 Å². The van der Waals surface area contributed by atoms with Gasteiger partial charge in [-0.15, -0.1) is 0 Å². The summed E-state index contributed by atoms with van der Waals surface area (Å²) in [6.45, 7) is 4.19. The summed E-state index contributed by atoms with van der Waals surface area (Å²) in [6, 6.07) is 16.4. The summed E-state index contributed by atoms with van der Waals surface area (Å²) in [6.07, 6.45) is 0. The molecule has 3 nitrogen and oxygen atoms in total. The molecule has 1 unspecified atom stereocenters. The average Bonchev–Trinajstić information content (AvgIpc) is 2.52. The third-order valence-corrected chi connectivity index (χ3v) is 3.96. The van der Waals surface area contributed by atoms with E-state index in [4.69, 9.17) is 0 Å². The highest BCUT2D eigenvalue weighted by molar-refractivity contribution is 5.84. The fraction of sp³-hybridized carbons (Fsp3) is 0.278. The van der Waals surface area contributed by atoms with E-state index in [-0.39, 0.29) is 11.8 Å². The Morgan fingerprint density at radius 3 is 2.95 bits per heavy atom. The topological polar surface area (TPSA) is 41.1 Å². The van der Waals surface area contributed by atoms with E-state index < -0.39 is 0 Å². The second-order valence-corrected chi connectivity index (χ2v) is 5.59. The maximum Gasteiger partial charge on any atom is 0.229 e. The Kier molecular flexibility index (Phi) is 4.02. The van der Waals surface area contributed by atoms with E-state index in [2.05, 4.69) is 41.8 Å². The summed E-state index contributed by atoms with van der Waals surface area (Å²) in [7, 11) is 0. The molecule has 1 amide bonds. The predicted molar refractivity (Wildman–Crippen MR) is 83.9 cm³/mol. The molecule has 0 aromatic heterocycles. The van der Waals surface area contributed by atoms with Crippen LogP contribution in [0.5, 0.6) is 0 Å². The van der Waals surface area contributed by atoms with Gasteiger partial charge in [-0.25, -0.2) is 0 Å². The van der Waals surface area contributed by atoms with Crippen molar-refractivity contribution >= 4 is 5.91 Å². The first kappa shape index (κ1) is 13.8. The first-order valence-electron chi connectivity index (χ1n) is 7.36. The van der Waals surface area contributed by atoms with Crippen LogP contribution < -0.4 is 10.6 Å². The number of aryl methyl sites for hydroxylation is 1. The number of nitrogens with one attached hydrogen (secondary N) is 2. The molecule has 3 rings (SSSR count). The van der Waals surface area contributed by atoms with Crippen molar-refractivity contribution in [2.45, 2.75) is 25.9 Å². The molecule has 108 valence electrons. The fourth-order valence-corrected chi connectivity index (χ4v) is 2.86. The summed E-state index contributed by atoms with van der Waals surface area (Å²) in [5.41, 5.74) is 4.73. The van der Waals surface area contributed by atoms with Gasteiger partial charge in [-0.2, -0.15) is 0 Å². The highest BCUT2D eigenvalue weighted by atomic mass is 16.1. The van der Waals surface area contributed by atoms with Gasteiger partial charge in [-0.1, -0.05) is 54.1 Å². The SMILES string of the molecule is Cc1cccc(CNC(=O)C2CNCc3ccccc32)c1. The lowest BCUT2D eigenvalue weighted by Gasteiger charge is -2.25. The van der Waals surface area contributed by atoms with E-state index >= 15 is 0 Å². The van der Waals surface area contributed by atoms with Crippen molar-refractivity contribution in [1.29, 1.82) is 0 Å². The first-order valence-corrected chi connectivity index (χ1v) is 7.36. The minimum atomic E-state index is -0.0974. The fourth-order valence-electron chi connectivity index (χ4n) is 2.86. The van der Waals surface area contributed by atoms with Crippen LogP contribution in [0.1, 0.15) is 28.2 Å². The summed E-state index contributed by atoms with van der Waals surface area (Å²) in [4.78, 5) is 12.5. The molecule has 0 saturated carbocycles. The lowest BCUT2D eigenvalue weighted by Crippen LogP contribution is -2.38. The molecule has 1 aliphatic heterocycles. The lowest BCUT2D eigenvalue weighted by atomic mass is 9.90. The first-order chi connectivity index (χ1) is 10.2. The zero-order valence-electron chi connectivity index (χ0n) is 12.2. The zero-order valence-corrected chi connectivity index (χ0v) is 12.2. The summed E-state index contributed by atoms with van der Waals surface area (Å²) in [5.74, 6) is -0.00378. The van der Waals surface area contributed by atoms with E-state index in [1.165, 1.54) is 11.1 Å². The van der Waals surface area contributed by atoms with Crippen LogP contribution >= 0.6 is 0 Å². The molecule has 0 fully saturated rings. The van der Waals surface area contributed by atoms with Crippen LogP contribution in [-0.2, 0) is 17.9 Å². The van der Waals surface area contributed by atoms with E-state index in [0.29, 0.717) is 13.1 Å². The maximum atomic E-state index is 12.5. The van der Waals surface area contributed by atoms with Crippen LogP contribution in [0.2, 0.25) is 0 Å². The van der Waals surface area contributed by atoms with Crippen LogP contribution in [0.25, 0.3) is 0 Å². The van der Waals surface area contributed by atoms with E-state index in [1.807, 2.05) is 24.3 Å². The second-order valence-electron chi connectivity index (χ2n) is 5.59. The van der Waals surface area contributed by atoms with Crippen LogP contribution in [-0.4, -0.2) is 12.5 Å². The molecule has 1 aliphatic rings. The standard InChI is InChI=1S/C18H20N2O/c1-13-5-4-6-14(9-13)10-20-18(21)17-12-19-11-15-7-2-3-8-16(15)17/h2-9,17,19H,10-12H2,1H3,(H,20,21). The molecule has 3 heteroatoms. The lowest BCUT2D eigenvalue weighted by molar-refractivity contribution is -0.122. The van der Waals surface area contributed by atoms with E-state index in [9.17, 15) is 4.79 Å². The Hall–Kier alpha value is -2.13. The quantitative estimate of drug-likeness (QED) is 0.907. The molecule has 21 heavy (non-hydrogen) atoms. The highest BCUT2D eigenvalue weighted by Gasteiger charge is 2.25. The Morgan fingerprint density at radius 2 is 2.10 bits per heavy atom. The summed E-state index contributed by atoms with van der Waals surface area (Å²) in [5, 5.41) is 6.38. The average molecular weight is 280 g/mol. The van der Waals surface area contributed by atoms with Gasteiger partial charge in [0.05, 0.1) is 5.92 Å². The van der Waals surface area contributed by atoms with Gasteiger partial charge in [0.25, 0.3) is 0 Å². The summed E-state index contributed by atoms with van der Waals surface area (Å²) < 4.78 is 0. The van der Waals surface area contributed by atoms with Crippen LogP contribution in [0.3, 0.4) is 0 Å². The van der Waals surface area contributed by atoms with Crippen LogP contribution in [0.15, 0.2) is 48.5 Å². The third-order valence-electron chi connectivity index (χ3n) is 3.96. The van der Waals surface area contributed by atoms with Crippen molar-refractivity contribution in [2.75, 3.05) is 6.54 Å². The van der Waals surface area contributed by atoms with Crippen molar-refractivity contribution in [3.05, 3.63) is 70.8 Å². The van der Waals surface area contributed by atoms with Gasteiger partial charge in [0.15, 0.2) is 0 Å². The van der Waals surface area contributed by atoms with Gasteiger partial charge >= 0.3 is 0 Å². The van der Waals surface area contributed by atoms with Gasteiger partial charge in [0.1, 0.15) is 0 Å². The highest BCUT2D eigenvalue weighted by Crippen LogP contribution is 2.23. The number of amides is 1. The number of carbonyl (C=O) groups excluding carboxylic acids is 1. The largest absolute Gasteiger partial charge is 0.351 e. The monoisotopic (exact) mass is 280 g/mol. The number of hydrogen-bond donors (Lipinski definition) is 2. The molecule has 0 radical (unpaired) electrons. The van der Waals surface area contributed by atoms with Gasteiger partial charge < -0.3 is 10.6 Å². The molecule has 0 bridgehead atoms. The minimum absolute atomic E-state index is 0.0937. The molecule has 2 aromatic rings. The Bertz CT molecular complexity index is 651. The molecule has 0 saturated heterocycles. The second kappa shape index (κ2) is 6.10. The molecule has 0 spiro atoms. The summed E-state index contributed by atoms with van der Waals surface area (Å²) >= 11 is 0. The Balaban J connectivity index is 1.69. The zero-order chi connectivity index (χ0) is 14.7. The van der Waals surface area contributed by atoms with Gasteiger partial charge in [0, 0.05) is 19.6 Å². The maximum absolute atomic E-state index is 12.5. The van der Waals surface area contributed by atoms with Crippen molar-refractivity contribution < 1.29 is 4.79 Å².